The Hall–Kier alpha value is -1.88. The van der Waals surface area contributed by atoms with Crippen molar-refractivity contribution in [1.82, 2.24) is 0 Å². The summed E-state index contributed by atoms with van der Waals surface area (Å²) in [7, 11) is 1.53. The number of nitrogens with zero attached hydrogens (tertiary/aromatic N) is 1. The number of aryl methyl sites for hydroxylation is 1. The quantitative estimate of drug-likeness (QED) is 0.859. The van der Waals surface area contributed by atoms with Gasteiger partial charge in [-0.1, -0.05) is 25.7 Å². The number of ether oxygens (including phenoxy) is 1. The fourth-order valence-electron chi connectivity index (χ4n) is 3.99. The average molecular weight is 344 g/mol. The van der Waals surface area contributed by atoms with E-state index in [-0.39, 0.29) is 18.4 Å². The molecule has 1 heterocycles. The molecule has 0 bridgehead atoms. The summed E-state index contributed by atoms with van der Waals surface area (Å²) in [4.78, 5) is 26.2. The van der Waals surface area contributed by atoms with Gasteiger partial charge >= 0.3 is 0 Å². The molecule has 1 aromatic carbocycles. The highest BCUT2D eigenvalue weighted by Crippen LogP contribution is 2.31. The third-order valence-electron chi connectivity index (χ3n) is 5.31. The van der Waals surface area contributed by atoms with Crippen LogP contribution in [0.5, 0.6) is 0 Å². The maximum atomic E-state index is 12.2. The van der Waals surface area contributed by atoms with Gasteiger partial charge in [-0.25, -0.2) is 0 Å². The zero-order valence-corrected chi connectivity index (χ0v) is 15.1. The molecular weight excluding hydrogens is 316 g/mol. The lowest BCUT2D eigenvalue weighted by molar-refractivity contribution is -0.122. The number of hydrogen-bond acceptors (Lipinski definition) is 3. The summed E-state index contributed by atoms with van der Waals surface area (Å²) in [6.45, 7) is 0.821. The number of fused-ring (bicyclic) bond motifs is 1. The molecule has 1 aromatic rings. The van der Waals surface area contributed by atoms with E-state index in [1.54, 1.807) is 4.90 Å². The largest absolute Gasteiger partial charge is 0.375 e. The minimum atomic E-state index is -0.0169. The fourth-order valence-corrected chi connectivity index (χ4v) is 3.99. The van der Waals surface area contributed by atoms with Gasteiger partial charge in [0, 0.05) is 31.5 Å². The summed E-state index contributed by atoms with van der Waals surface area (Å²) in [5, 5.41) is 3.02. The highest BCUT2D eigenvalue weighted by molar-refractivity contribution is 5.96. The molecule has 2 amide bonds. The van der Waals surface area contributed by atoms with Crippen LogP contribution < -0.4 is 10.2 Å². The summed E-state index contributed by atoms with van der Waals surface area (Å²) in [5.41, 5.74) is 2.89. The Morgan fingerprint density at radius 2 is 2.04 bits per heavy atom. The Morgan fingerprint density at radius 1 is 1.24 bits per heavy atom. The van der Waals surface area contributed by atoms with E-state index in [1.165, 1.54) is 32.8 Å². The van der Waals surface area contributed by atoms with Gasteiger partial charge in [0.15, 0.2) is 0 Å². The van der Waals surface area contributed by atoms with E-state index in [4.69, 9.17) is 4.74 Å². The maximum absolute atomic E-state index is 12.2. The standard InChI is InChI=1S/C20H28N2O3/c1-25-14-20(24)22-12-4-7-16-13-17(9-10-18(16)22)21-19(23)11-8-15-5-2-3-6-15/h9-10,13,15H,2-8,11-12,14H2,1H3,(H,21,23). The molecule has 25 heavy (non-hydrogen) atoms. The van der Waals surface area contributed by atoms with Crippen molar-refractivity contribution in [2.75, 3.05) is 30.5 Å². The van der Waals surface area contributed by atoms with E-state index in [9.17, 15) is 9.59 Å². The van der Waals surface area contributed by atoms with Gasteiger partial charge in [0.25, 0.3) is 5.91 Å². The van der Waals surface area contributed by atoms with Gasteiger partial charge in [-0.3, -0.25) is 9.59 Å². The molecule has 1 fully saturated rings. The molecule has 136 valence electrons. The van der Waals surface area contributed by atoms with Crippen LogP contribution >= 0.6 is 0 Å². The van der Waals surface area contributed by atoms with Crippen LogP contribution in [0.3, 0.4) is 0 Å². The summed E-state index contributed by atoms with van der Waals surface area (Å²) < 4.78 is 4.97. The van der Waals surface area contributed by atoms with Crippen molar-refractivity contribution in [3.63, 3.8) is 0 Å². The third kappa shape index (κ3) is 4.60. The van der Waals surface area contributed by atoms with Crippen LogP contribution in [0.25, 0.3) is 0 Å². The Kier molecular flexibility index (Phi) is 6.08. The van der Waals surface area contributed by atoms with E-state index in [0.717, 1.165) is 48.7 Å². The third-order valence-corrected chi connectivity index (χ3v) is 5.31. The van der Waals surface area contributed by atoms with Gasteiger partial charge in [-0.15, -0.1) is 0 Å². The van der Waals surface area contributed by atoms with Crippen LogP contribution in [0.4, 0.5) is 11.4 Å². The van der Waals surface area contributed by atoms with Crippen LogP contribution in [0.1, 0.15) is 50.5 Å². The number of carbonyl (C=O) groups excluding carboxylic acids is 2. The van der Waals surface area contributed by atoms with Crippen molar-refractivity contribution in [2.24, 2.45) is 5.92 Å². The molecule has 0 aromatic heterocycles. The Bertz CT molecular complexity index is 623. The van der Waals surface area contributed by atoms with E-state index in [2.05, 4.69) is 5.32 Å². The van der Waals surface area contributed by atoms with Gasteiger partial charge in [0.05, 0.1) is 0 Å². The first-order valence-corrected chi connectivity index (χ1v) is 9.39. The van der Waals surface area contributed by atoms with Crippen molar-refractivity contribution < 1.29 is 14.3 Å². The summed E-state index contributed by atoms with van der Waals surface area (Å²) in [5.74, 6) is 0.807. The number of benzene rings is 1. The number of hydrogen-bond donors (Lipinski definition) is 1. The average Bonchev–Trinajstić information content (AvgIpc) is 3.13. The molecule has 3 rings (SSSR count). The monoisotopic (exact) mass is 344 g/mol. The Labute approximate surface area is 149 Å². The molecule has 0 spiro atoms. The van der Waals surface area contributed by atoms with Gasteiger partial charge < -0.3 is 15.0 Å². The highest BCUT2D eigenvalue weighted by atomic mass is 16.5. The van der Waals surface area contributed by atoms with Gasteiger partial charge in [0.2, 0.25) is 5.91 Å². The van der Waals surface area contributed by atoms with E-state index in [1.807, 2.05) is 18.2 Å². The normalized spacial score (nSPS) is 17.4. The SMILES string of the molecule is COCC(=O)N1CCCc2cc(NC(=O)CCC3CCCC3)ccc21. The summed E-state index contributed by atoms with van der Waals surface area (Å²) in [6.07, 6.45) is 8.63. The first-order chi connectivity index (χ1) is 12.2. The maximum Gasteiger partial charge on any atom is 0.252 e. The first-order valence-electron chi connectivity index (χ1n) is 9.39. The molecule has 0 unspecified atom stereocenters. The predicted octanol–water partition coefficient (Wildman–Crippen LogP) is 3.52. The lowest BCUT2D eigenvalue weighted by Gasteiger charge is -2.29. The van der Waals surface area contributed by atoms with Crippen LogP contribution in [0, 0.1) is 5.92 Å². The zero-order valence-electron chi connectivity index (χ0n) is 15.1. The van der Waals surface area contributed by atoms with E-state index in [0.29, 0.717) is 6.42 Å². The second-order valence-corrected chi connectivity index (χ2v) is 7.16. The molecule has 5 nitrogen and oxygen atoms in total. The number of rotatable bonds is 6. The molecule has 0 radical (unpaired) electrons. The molecule has 0 saturated heterocycles. The minimum absolute atomic E-state index is 0.0169. The lowest BCUT2D eigenvalue weighted by atomic mass is 10.00. The molecule has 5 heteroatoms. The van der Waals surface area contributed by atoms with Crippen molar-refractivity contribution in [3.8, 4) is 0 Å². The van der Waals surface area contributed by atoms with Crippen LogP contribution in [0.15, 0.2) is 18.2 Å². The minimum Gasteiger partial charge on any atom is -0.375 e. The zero-order chi connectivity index (χ0) is 17.6. The molecule has 2 aliphatic rings. The predicted molar refractivity (Wildman–Crippen MR) is 98.8 cm³/mol. The van der Waals surface area contributed by atoms with Gasteiger partial charge in [-0.2, -0.15) is 0 Å². The van der Waals surface area contributed by atoms with Gasteiger partial charge in [-0.05, 0) is 48.9 Å². The second kappa shape index (κ2) is 8.48. The smallest absolute Gasteiger partial charge is 0.252 e. The van der Waals surface area contributed by atoms with Crippen molar-refractivity contribution >= 4 is 23.2 Å². The Balaban J connectivity index is 1.60. The highest BCUT2D eigenvalue weighted by Gasteiger charge is 2.23. The van der Waals surface area contributed by atoms with Crippen molar-refractivity contribution in [1.29, 1.82) is 0 Å². The topological polar surface area (TPSA) is 58.6 Å². The molecular formula is C20H28N2O3. The number of methoxy groups -OCH3 is 1. The lowest BCUT2D eigenvalue weighted by Crippen LogP contribution is -2.37. The van der Waals surface area contributed by atoms with E-state index < -0.39 is 0 Å². The van der Waals surface area contributed by atoms with Gasteiger partial charge in [0.1, 0.15) is 6.61 Å². The van der Waals surface area contributed by atoms with Crippen LogP contribution in [-0.2, 0) is 20.7 Å². The van der Waals surface area contributed by atoms with Crippen LogP contribution in [-0.4, -0.2) is 32.1 Å². The first kappa shape index (κ1) is 17.9. The second-order valence-electron chi connectivity index (χ2n) is 7.16. The number of carbonyl (C=O) groups is 2. The number of nitrogens with one attached hydrogen (secondary N) is 1. The molecule has 1 aliphatic heterocycles. The number of amides is 2. The summed E-state index contributed by atoms with van der Waals surface area (Å²) in [6, 6.07) is 5.84. The molecule has 1 saturated carbocycles. The number of anilines is 2. The summed E-state index contributed by atoms with van der Waals surface area (Å²) >= 11 is 0. The van der Waals surface area contributed by atoms with Crippen molar-refractivity contribution in [2.45, 2.75) is 51.4 Å². The van der Waals surface area contributed by atoms with E-state index >= 15 is 0 Å². The van der Waals surface area contributed by atoms with Crippen LogP contribution in [0.2, 0.25) is 0 Å². The fraction of sp³-hybridized carbons (Fsp3) is 0.600. The molecule has 1 aliphatic carbocycles. The molecule has 0 atom stereocenters. The molecule has 1 N–H and O–H groups in total. The van der Waals surface area contributed by atoms with Crippen molar-refractivity contribution in [3.05, 3.63) is 23.8 Å². The Morgan fingerprint density at radius 3 is 2.80 bits per heavy atom.